The number of aromatic nitrogens is 6. The lowest BCUT2D eigenvalue weighted by Crippen LogP contribution is -2.15. The lowest BCUT2D eigenvalue weighted by Gasteiger charge is -2.07. The minimum Gasteiger partial charge on any atom is -0.316 e. The Morgan fingerprint density at radius 3 is 2.53 bits per heavy atom. The van der Waals surface area contributed by atoms with Crippen LogP contribution in [0.15, 0.2) is 24.3 Å². The summed E-state index contributed by atoms with van der Waals surface area (Å²) in [5, 5.41) is 12.0. The fourth-order valence-electron chi connectivity index (χ4n) is 3.28. The van der Waals surface area contributed by atoms with Crippen LogP contribution in [0.3, 0.4) is 0 Å². The van der Waals surface area contributed by atoms with Crippen molar-refractivity contribution in [2.75, 3.05) is 5.32 Å². The van der Waals surface area contributed by atoms with Crippen LogP contribution in [0, 0.1) is 20.8 Å². The molecule has 0 fully saturated rings. The summed E-state index contributed by atoms with van der Waals surface area (Å²) in [6.07, 6.45) is -2.79. The van der Waals surface area contributed by atoms with Gasteiger partial charge in [0.1, 0.15) is 5.69 Å². The zero-order valence-electron chi connectivity index (χ0n) is 17.2. The van der Waals surface area contributed by atoms with Gasteiger partial charge in [0, 0.05) is 5.69 Å². The Bertz CT molecular complexity index is 1350. The molecule has 0 radical (unpaired) electrons. The molecule has 32 heavy (non-hydrogen) atoms. The second kappa shape index (κ2) is 8.44. The van der Waals surface area contributed by atoms with E-state index in [4.69, 9.17) is 23.2 Å². The second-order valence-electron chi connectivity index (χ2n) is 7.18. The molecular weight excluding hydrogens is 463 g/mol. The van der Waals surface area contributed by atoms with Gasteiger partial charge in [0.25, 0.3) is 18.1 Å². The van der Waals surface area contributed by atoms with Crippen LogP contribution in [0.2, 0.25) is 10.0 Å². The number of hydrogen-bond donors (Lipinski definition) is 1. The number of nitrogens with one attached hydrogen (secondary N) is 1. The Morgan fingerprint density at radius 2 is 1.84 bits per heavy atom. The van der Waals surface area contributed by atoms with Crippen LogP contribution >= 0.6 is 23.2 Å². The number of alkyl halides is 2. The quantitative estimate of drug-likeness (QED) is 0.444. The molecule has 0 aliphatic carbocycles. The largest absolute Gasteiger partial charge is 0.316 e. The van der Waals surface area contributed by atoms with Crippen molar-refractivity contribution in [1.82, 2.24) is 29.4 Å². The second-order valence-corrected chi connectivity index (χ2v) is 7.99. The summed E-state index contributed by atoms with van der Waals surface area (Å²) in [6, 6.07) is 6.48. The molecule has 3 aromatic heterocycles. The van der Waals surface area contributed by atoms with E-state index in [1.165, 1.54) is 6.07 Å². The van der Waals surface area contributed by atoms with E-state index in [1.54, 1.807) is 37.6 Å². The van der Waals surface area contributed by atoms with Crippen molar-refractivity contribution in [2.24, 2.45) is 0 Å². The predicted octanol–water partition coefficient (Wildman–Crippen LogP) is 4.79. The molecule has 0 saturated carbocycles. The lowest BCUT2D eigenvalue weighted by atomic mass is 10.2. The predicted molar refractivity (Wildman–Crippen MR) is 116 cm³/mol. The molecule has 0 unspecified atom stereocenters. The lowest BCUT2D eigenvalue weighted by molar-refractivity contribution is 0.101. The summed E-state index contributed by atoms with van der Waals surface area (Å²) in [4.78, 5) is 20.8. The van der Waals surface area contributed by atoms with E-state index < -0.39 is 12.3 Å². The molecule has 0 bridgehead atoms. The molecule has 0 saturated heterocycles. The van der Waals surface area contributed by atoms with E-state index in [1.807, 2.05) is 6.07 Å². The SMILES string of the molecule is Cc1cc(C(F)F)n2nc(C(=O)Nc3c(C)nn(Cc4ccc(Cl)c(Cl)c4)c3C)nc2n1. The van der Waals surface area contributed by atoms with Crippen molar-refractivity contribution in [3.8, 4) is 0 Å². The highest BCUT2D eigenvalue weighted by molar-refractivity contribution is 6.42. The van der Waals surface area contributed by atoms with Crippen LogP contribution in [0.4, 0.5) is 14.5 Å². The topological polar surface area (TPSA) is 90.0 Å². The number of anilines is 1. The van der Waals surface area contributed by atoms with Gasteiger partial charge in [-0.1, -0.05) is 29.3 Å². The molecule has 0 aliphatic heterocycles. The number of benzene rings is 1. The molecule has 4 rings (SSSR count). The van der Waals surface area contributed by atoms with Crippen LogP contribution in [0.5, 0.6) is 0 Å². The number of halogens is 4. The van der Waals surface area contributed by atoms with Gasteiger partial charge in [-0.15, -0.1) is 5.10 Å². The normalized spacial score (nSPS) is 11.5. The van der Waals surface area contributed by atoms with Crippen molar-refractivity contribution in [3.63, 3.8) is 0 Å². The van der Waals surface area contributed by atoms with E-state index in [0.717, 1.165) is 10.1 Å². The molecule has 3 heterocycles. The van der Waals surface area contributed by atoms with Gasteiger partial charge in [0.05, 0.1) is 33.7 Å². The van der Waals surface area contributed by atoms with E-state index >= 15 is 0 Å². The van der Waals surface area contributed by atoms with Crippen LogP contribution in [-0.2, 0) is 6.54 Å². The number of amides is 1. The van der Waals surface area contributed by atoms with Gasteiger partial charge < -0.3 is 5.32 Å². The maximum atomic E-state index is 13.3. The number of aryl methyl sites for hydroxylation is 2. The first kappa shape index (κ1) is 22.1. The average Bonchev–Trinajstić information content (AvgIpc) is 3.26. The molecular formula is C20H17Cl2F2N7O. The highest BCUT2D eigenvalue weighted by Crippen LogP contribution is 2.25. The van der Waals surface area contributed by atoms with Gasteiger partial charge in [-0.05, 0) is 44.5 Å². The van der Waals surface area contributed by atoms with Crippen LogP contribution in [0.25, 0.3) is 5.78 Å². The van der Waals surface area contributed by atoms with Gasteiger partial charge in [-0.3, -0.25) is 9.48 Å². The number of carbonyl (C=O) groups is 1. The minimum absolute atomic E-state index is 0.0748. The summed E-state index contributed by atoms with van der Waals surface area (Å²) >= 11 is 12.0. The number of carbonyl (C=O) groups excluding carboxylic acids is 1. The maximum absolute atomic E-state index is 13.3. The number of fused-ring (bicyclic) bond motifs is 1. The molecule has 0 spiro atoms. The highest BCUT2D eigenvalue weighted by Gasteiger charge is 2.22. The first-order valence-electron chi connectivity index (χ1n) is 9.45. The number of hydrogen-bond acceptors (Lipinski definition) is 5. The maximum Gasteiger partial charge on any atom is 0.295 e. The summed E-state index contributed by atoms with van der Waals surface area (Å²) in [5.74, 6) is -1.01. The molecule has 0 aliphatic rings. The van der Waals surface area contributed by atoms with Crippen molar-refractivity contribution in [1.29, 1.82) is 0 Å². The summed E-state index contributed by atoms with van der Waals surface area (Å²) in [6.45, 7) is 5.51. The van der Waals surface area contributed by atoms with Crippen molar-refractivity contribution in [2.45, 2.75) is 33.7 Å². The molecule has 166 valence electrons. The minimum atomic E-state index is -2.79. The zero-order chi connectivity index (χ0) is 23.2. The van der Waals surface area contributed by atoms with Gasteiger partial charge in [0.15, 0.2) is 0 Å². The van der Waals surface area contributed by atoms with Crippen LogP contribution in [-0.4, -0.2) is 35.3 Å². The Hall–Kier alpha value is -3.11. The Kier molecular flexibility index (Phi) is 5.83. The Labute approximate surface area is 191 Å². The monoisotopic (exact) mass is 479 g/mol. The van der Waals surface area contributed by atoms with Gasteiger partial charge in [0.2, 0.25) is 5.82 Å². The van der Waals surface area contributed by atoms with Gasteiger partial charge in [-0.2, -0.15) is 14.6 Å². The van der Waals surface area contributed by atoms with E-state index in [2.05, 4.69) is 25.5 Å². The third-order valence-corrected chi connectivity index (χ3v) is 5.57. The third-order valence-electron chi connectivity index (χ3n) is 4.83. The zero-order valence-corrected chi connectivity index (χ0v) is 18.7. The molecule has 12 heteroatoms. The molecule has 1 amide bonds. The fourth-order valence-corrected chi connectivity index (χ4v) is 3.60. The highest BCUT2D eigenvalue weighted by atomic mass is 35.5. The summed E-state index contributed by atoms with van der Waals surface area (Å²) < 4.78 is 29.2. The van der Waals surface area contributed by atoms with E-state index in [-0.39, 0.29) is 17.3 Å². The van der Waals surface area contributed by atoms with E-state index in [9.17, 15) is 13.6 Å². The number of nitrogens with zero attached hydrogens (tertiary/aromatic N) is 6. The van der Waals surface area contributed by atoms with Crippen molar-refractivity contribution in [3.05, 3.63) is 68.5 Å². The van der Waals surface area contributed by atoms with Gasteiger partial charge in [-0.25, -0.2) is 13.8 Å². The smallest absolute Gasteiger partial charge is 0.295 e. The first-order chi connectivity index (χ1) is 15.1. The molecule has 4 aromatic rings. The Balaban J connectivity index is 1.61. The first-order valence-corrected chi connectivity index (χ1v) is 10.2. The van der Waals surface area contributed by atoms with Crippen molar-refractivity contribution >= 4 is 40.6 Å². The van der Waals surface area contributed by atoms with E-state index in [0.29, 0.717) is 39.4 Å². The number of rotatable bonds is 5. The molecule has 1 aromatic carbocycles. The van der Waals surface area contributed by atoms with Crippen LogP contribution in [0.1, 0.15) is 45.4 Å². The van der Waals surface area contributed by atoms with Gasteiger partial charge >= 0.3 is 0 Å². The summed E-state index contributed by atoms with van der Waals surface area (Å²) in [5.41, 5.74) is 2.58. The average molecular weight is 480 g/mol. The molecule has 8 nitrogen and oxygen atoms in total. The molecule has 1 N–H and O–H groups in total. The fraction of sp³-hybridized carbons (Fsp3) is 0.250. The summed E-state index contributed by atoms with van der Waals surface area (Å²) in [7, 11) is 0. The standard InChI is InChI=1S/C20H17Cl2F2N7O/c1-9-6-15(17(23)24)31-20(25-9)27-18(29-31)19(32)26-16-10(2)28-30(11(16)3)8-12-4-5-13(21)14(22)7-12/h4-7,17H,8H2,1-3H3,(H,26,32). The van der Waals surface area contributed by atoms with Crippen LogP contribution < -0.4 is 5.32 Å². The van der Waals surface area contributed by atoms with Crippen molar-refractivity contribution < 1.29 is 13.6 Å². The third kappa shape index (κ3) is 4.15. The molecule has 0 atom stereocenters. The Morgan fingerprint density at radius 1 is 1.09 bits per heavy atom.